The van der Waals surface area contributed by atoms with Gasteiger partial charge in [0.15, 0.2) is 0 Å². The van der Waals surface area contributed by atoms with Gasteiger partial charge in [-0.25, -0.2) is 12.8 Å². The number of rotatable bonds is 8. The highest BCUT2D eigenvalue weighted by atomic mass is 32.2. The van der Waals surface area contributed by atoms with E-state index in [0.717, 1.165) is 38.8 Å². The van der Waals surface area contributed by atoms with Gasteiger partial charge in [0.1, 0.15) is 5.82 Å². The van der Waals surface area contributed by atoms with Crippen molar-refractivity contribution in [2.45, 2.75) is 11.8 Å². The summed E-state index contributed by atoms with van der Waals surface area (Å²) in [7, 11) is -3.86. The highest BCUT2D eigenvalue weighted by Gasteiger charge is 2.18. The summed E-state index contributed by atoms with van der Waals surface area (Å²) in [4.78, 5) is 17.2. The largest absolute Gasteiger partial charge is 0.369 e. The fraction of sp³-hybridized carbons (Fsp3) is 0.269. The minimum atomic E-state index is -3.86. The van der Waals surface area contributed by atoms with Gasteiger partial charge < -0.3 is 10.2 Å². The van der Waals surface area contributed by atoms with Gasteiger partial charge in [-0.1, -0.05) is 18.2 Å². The lowest BCUT2D eigenvalue weighted by molar-refractivity contribution is 0.0948. The molecule has 0 atom stereocenters. The van der Waals surface area contributed by atoms with Crippen LogP contribution in [0.15, 0.2) is 77.7 Å². The molecule has 3 aromatic carbocycles. The van der Waals surface area contributed by atoms with Crippen molar-refractivity contribution >= 4 is 27.3 Å². The van der Waals surface area contributed by atoms with Crippen molar-refractivity contribution in [2.24, 2.45) is 0 Å². The minimum Gasteiger partial charge on any atom is -0.369 e. The van der Waals surface area contributed by atoms with Gasteiger partial charge in [-0.2, -0.15) is 0 Å². The first-order chi connectivity index (χ1) is 16.8. The molecule has 4 rings (SSSR count). The molecule has 0 spiro atoms. The second-order valence-electron chi connectivity index (χ2n) is 8.51. The van der Waals surface area contributed by atoms with Crippen LogP contribution in [0.3, 0.4) is 0 Å². The molecule has 1 saturated heterocycles. The number of anilines is 2. The van der Waals surface area contributed by atoms with E-state index in [9.17, 15) is 17.6 Å². The maximum absolute atomic E-state index is 13.5. The van der Waals surface area contributed by atoms with E-state index in [1.54, 1.807) is 12.1 Å². The van der Waals surface area contributed by atoms with E-state index < -0.39 is 15.8 Å². The number of sulfonamides is 1. The van der Waals surface area contributed by atoms with E-state index in [1.165, 1.54) is 36.9 Å². The number of hydrogen-bond donors (Lipinski definition) is 2. The molecule has 7 nitrogen and oxygen atoms in total. The minimum absolute atomic E-state index is 0.0252. The summed E-state index contributed by atoms with van der Waals surface area (Å²) in [5, 5.41) is 2.93. The number of halogens is 1. The maximum Gasteiger partial charge on any atom is 0.261 e. The summed E-state index contributed by atoms with van der Waals surface area (Å²) in [5.74, 6) is -0.676. The maximum atomic E-state index is 13.5. The SMILES string of the molecule is Cc1cc(S(=O)(=O)Nc2ccc(C(=O)NCCN3CCN(c4ccccc4)CC3)cc2)ccc1F. The Morgan fingerprint density at radius 3 is 2.29 bits per heavy atom. The van der Waals surface area contributed by atoms with E-state index in [2.05, 4.69) is 32.0 Å². The third-order valence-corrected chi connectivity index (χ3v) is 7.43. The Morgan fingerprint density at radius 2 is 1.63 bits per heavy atom. The van der Waals surface area contributed by atoms with Crippen LogP contribution in [0.5, 0.6) is 0 Å². The number of nitrogens with one attached hydrogen (secondary N) is 2. The first kappa shape index (κ1) is 24.7. The van der Waals surface area contributed by atoms with Crippen LogP contribution in [0.2, 0.25) is 0 Å². The molecule has 1 aliphatic heterocycles. The second-order valence-corrected chi connectivity index (χ2v) is 10.2. The number of aryl methyl sites for hydroxylation is 1. The Balaban J connectivity index is 1.24. The van der Waals surface area contributed by atoms with E-state index in [0.29, 0.717) is 17.8 Å². The smallest absolute Gasteiger partial charge is 0.261 e. The lowest BCUT2D eigenvalue weighted by Gasteiger charge is -2.36. The van der Waals surface area contributed by atoms with Crippen molar-refractivity contribution in [3.63, 3.8) is 0 Å². The molecule has 0 saturated carbocycles. The van der Waals surface area contributed by atoms with Crippen LogP contribution in [0, 0.1) is 12.7 Å². The van der Waals surface area contributed by atoms with Crippen LogP contribution < -0.4 is 14.9 Å². The first-order valence-electron chi connectivity index (χ1n) is 11.5. The molecule has 0 radical (unpaired) electrons. The molecule has 0 bridgehead atoms. The predicted octanol–water partition coefficient (Wildman–Crippen LogP) is 3.49. The Hall–Kier alpha value is -3.43. The predicted molar refractivity (Wildman–Crippen MR) is 136 cm³/mol. The van der Waals surface area contributed by atoms with Crippen LogP contribution in [-0.4, -0.2) is 58.5 Å². The van der Waals surface area contributed by atoms with Crippen LogP contribution in [0.25, 0.3) is 0 Å². The second kappa shape index (κ2) is 10.9. The van der Waals surface area contributed by atoms with E-state index in [-0.39, 0.29) is 16.4 Å². The van der Waals surface area contributed by atoms with Crippen LogP contribution >= 0.6 is 0 Å². The molecule has 1 heterocycles. The standard InChI is InChI=1S/C26H29FN4O3S/c1-20-19-24(11-12-25(20)27)35(33,34)29-22-9-7-21(8-10-22)26(32)28-13-14-30-15-17-31(18-16-30)23-5-3-2-4-6-23/h2-12,19,29H,13-18H2,1H3,(H,28,32). The van der Waals surface area contributed by atoms with Crippen molar-refractivity contribution < 1.29 is 17.6 Å². The van der Waals surface area contributed by atoms with Gasteiger partial charge in [-0.3, -0.25) is 14.4 Å². The average Bonchev–Trinajstić information content (AvgIpc) is 2.87. The van der Waals surface area contributed by atoms with E-state index in [1.807, 2.05) is 18.2 Å². The molecule has 184 valence electrons. The summed E-state index contributed by atoms with van der Waals surface area (Å²) in [6.07, 6.45) is 0. The zero-order valence-electron chi connectivity index (χ0n) is 19.6. The zero-order valence-corrected chi connectivity index (χ0v) is 20.4. The number of piperazine rings is 1. The van der Waals surface area contributed by atoms with E-state index in [4.69, 9.17) is 0 Å². The number of benzene rings is 3. The molecule has 2 N–H and O–H groups in total. The van der Waals surface area contributed by atoms with Gasteiger partial charge in [0, 0.05) is 56.2 Å². The van der Waals surface area contributed by atoms with Crippen LogP contribution in [0.4, 0.5) is 15.8 Å². The summed E-state index contributed by atoms with van der Waals surface area (Å²) in [6.45, 7) is 6.58. The van der Waals surface area contributed by atoms with Crippen molar-refractivity contribution in [3.8, 4) is 0 Å². The molecule has 1 fully saturated rings. The lowest BCUT2D eigenvalue weighted by Crippen LogP contribution is -2.48. The third kappa shape index (κ3) is 6.37. The van der Waals surface area contributed by atoms with Crippen molar-refractivity contribution in [1.82, 2.24) is 10.2 Å². The van der Waals surface area contributed by atoms with Gasteiger partial charge in [-0.15, -0.1) is 0 Å². The lowest BCUT2D eigenvalue weighted by atomic mass is 10.2. The molecule has 3 aromatic rings. The third-order valence-electron chi connectivity index (χ3n) is 6.05. The van der Waals surface area contributed by atoms with Gasteiger partial charge >= 0.3 is 0 Å². The number of carbonyl (C=O) groups excluding carboxylic acids is 1. The molecule has 0 aliphatic carbocycles. The number of nitrogens with zero attached hydrogens (tertiary/aromatic N) is 2. The Morgan fingerprint density at radius 1 is 0.943 bits per heavy atom. The molecule has 9 heteroatoms. The number of carbonyl (C=O) groups is 1. The number of amides is 1. The fourth-order valence-electron chi connectivity index (χ4n) is 3.99. The Labute approximate surface area is 205 Å². The van der Waals surface area contributed by atoms with Gasteiger partial charge in [0.25, 0.3) is 15.9 Å². The molecule has 1 amide bonds. The molecule has 35 heavy (non-hydrogen) atoms. The Kier molecular flexibility index (Phi) is 7.67. The molecule has 0 aromatic heterocycles. The summed E-state index contributed by atoms with van der Waals surface area (Å²) < 4.78 is 41.0. The highest BCUT2D eigenvalue weighted by molar-refractivity contribution is 7.92. The molecule has 0 unspecified atom stereocenters. The summed E-state index contributed by atoms with van der Waals surface area (Å²) >= 11 is 0. The van der Waals surface area contributed by atoms with Gasteiger partial charge in [0.2, 0.25) is 0 Å². The summed E-state index contributed by atoms with van der Waals surface area (Å²) in [6, 6.07) is 20.2. The molecular formula is C26H29FN4O3S. The summed E-state index contributed by atoms with van der Waals surface area (Å²) in [5.41, 5.74) is 2.25. The quantitative estimate of drug-likeness (QED) is 0.499. The topological polar surface area (TPSA) is 81.7 Å². The van der Waals surface area contributed by atoms with Crippen molar-refractivity contribution in [3.05, 3.63) is 89.7 Å². The van der Waals surface area contributed by atoms with Gasteiger partial charge in [-0.05, 0) is 67.1 Å². The zero-order chi connectivity index (χ0) is 24.8. The monoisotopic (exact) mass is 496 g/mol. The number of para-hydroxylation sites is 1. The molecular weight excluding hydrogens is 467 g/mol. The van der Waals surface area contributed by atoms with Crippen molar-refractivity contribution in [1.29, 1.82) is 0 Å². The number of hydrogen-bond acceptors (Lipinski definition) is 5. The van der Waals surface area contributed by atoms with Gasteiger partial charge in [0.05, 0.1) is 4.90 Å². The van der Waals surface area contributed by atoms with E-state index >= 15 is 0 Å². The Bertz CT molecular complexity index is 1260. The molecule has 1 aliphatic rings. The fourth-order valence-corrected chi connectivity index (χ4v) is 5.13. The van der Waals surface area contributed by atoms with Crippen LogP contribution in [0.1, 0.15) is 15.9 Å². The highest BCUT2D eigenvalue weighted by Crippen LogP contribution is 2.19. The first-order valence-corrected chi connectivity index (χ1v) is 13.0. The van der Waals surface area contributed by atoms with Crippen LogP contribution in [-0.2, 0) is 10.0 Å². The van der Waals surface area contributed by atoms with Crippen molar-refractivity contribution in [2.75, 3.05) is 48.9 Å². The average molecular weight is 497 g/mol. The normalized spacial score (nSPS) is 14.5.